The van der Waals surface area contributed by atoms with E-state index in [1.807, 2.05) is 0 Å². The number of aliphatic hydroxyl groups excluding tert-OH is 1. The van der Waals surface area contributed by atoms with E-state index in [0.717, 1.165) is 31.6 Å². The highest BCUT2D eigenvalue weighted by atomic mass is 16.4. The van der Waals surface area contributed by atoms with Crippen LogP contribution in [-0.4, -0.2) is 40.9 Å². The summed E-state index contributed by atoms with van der Waals surface area (Å²) in [6.45, 7) is 1.91. The molecule has 0 bridgehead atoms. The fourth-order valence-electron chi connectivity index (χ4n) is 2.52. The zero-order valence-corrected chi connectivity index (χ0v) is 11.4. The minimum absolute atomic E-state index is 0.162. The smallest absolute Gasteiger partial charge is 0.334 e. The molecule has 0 unspecified atom stereocenters. The van der Waals surface area contributed by atoms with Crippen molar-refractivity contribution in [3.63, 3.8) is 0 Å². The molecule has 0 aromatic carbocycles. The van der Waals surface area contributed by atoms with Crippen LogP contribution in [0.4, 0.5) is 4.79 Å². The van der Waals surface area contributed by atoms with Crippen molar-refractivity contribution in [1.29, 1.82) is 0 Å². The van der Waals surface area contributed by atoms with E-state index >= 15 is 0 Å². The summed E-state index contributed by atoms with van der Waals surface area (Å²) in [5.41, 5.74) is 0. The average molecular weight is 272 g/mol. The molecule has 1 aliphatic rings. The lowest BCUT2D eigenvalue weighted by Gasteiger charge is -2.29. The number of carboxylic acid groups (broad SMARTS) is 1. The Balaban J connectivity index is 2.18. The molecule has 19 heavy (non-hydrogen) atoms. The van der Waals surface area contributed by atoms with Crippen LogP contribution in [-0.2, 0) is 4.79 Å². The van der Waals surface area contributed by atoms with Gasteiger partial charge >= 0.3 is 12.0 Å². The summed E-state index contributed by atoms with van der Waals surface area (Å²) in [4.78, 5) is 21.9. The molecule has 0 aliphatic heterocycles. The molecule has 1 saturated carbocycles. The average Bonchev–Trinajstić information content (AvgIpc) is 2.38. The van der Waals surface area contributed by atoms with E-state index in [0.29, 0.717) is 0 Å². The summed E-state index contributed by atoms with van der Waals surface area (Å²) in [5.74, 6) is -0.555. The Morgan fingerprint density at radius 1 is 1.26 bits per heavy atom. The molecule has 0 aromatic heterocycles. The second kappa shape index (κ2) is 7.99. The Morgan fingerprint density at radius 3 is 2.42 bits per heavy atom. The number of carboxylic acids is 1. The topological polar surface area (TPSA) is 98.7 Å². The first-order valence-electron chi connectivity index (χ1n) is 6.98. The summed E-state index contributed by atoms with van der Waals surface area (Å²) in [6, 6.07) is -0.241. The summed E-state index contributed by atoms with van der Waals surface area (Å²) in [5, 5.41) is 22.7. The van der Waals surface area contributed by atoms with Gasteiger partial charge in [-0.05, 0) is 31.6 Å². The highest BCUT2D eigenvalue weighted by Crippen LogP contribution is 2.27. The number of aliphatic carboxylic acids is 1. The van der Waals surface area contributed by atoms with E-state index in [4.69, 9.17) is 10.2 Å². The fourth-order valence-corrected chi connectivity index (χ4v) is 2.52. The molecule has 2 amide bonds. The van der Waals surface area contributed by atoms with Crippen LogP contribution >= 0.6 is 0 Å². The number of hydrogen-bond acceptors (Lipinski definition) is 3. The van der Waals surface area contributed by atoms with Gasteiger partial charge in [-0.2, -0.15) is 0 Å². The minimum atomic E-state index is -1.55. The van der Waals surface area contributed by atoms with Crippen molar-refractivity contribution in [2.75, 3.05) is 6.54 Å². The molecule has 0 heterocycles. The maximum atomic E-state index is 11.5. The predicted octanol–water partition coefficient (Wildman–Crippen LogP) is 1.09. The van der Waals surface area contributed by atoms with Crippen molar-refractivity contribution in [1.82, 2.24) is 10.6 Å². The maximum absolute atomic E-state index is 11.5. The van der Waals surface area contributed by atoms with E-state index in [-0.39, 0.29) is 12.6 Å². The summed E-state index contributed by atoms with van der Waals surface area (Å²) in [6.07, 6.45) is 5.12. The third kappa shape index (κ3) is 5.92. The van der Waals surface area contributed by atoms with Gasteiger partial charge in [0.1, 0.15) is 0 Å². The Labute approximate surface area is 113 Å². The van der Waals surface area contributed by atoms with E-state index in [9.17, 15) is 9.59 Å². The maximum Gasteiger partial charge on any atom is 0.334 e. The Morgan fingerprint density at radius 2 is 1.89 bits per heavy atom. The van der Waals surface area contributed by atoms with Gasteiger partial charge in [-0.1, -0.05) is 19.8 Å². The monoisotopic (exact) mass is 272 g/mol. The van der Waals surface area contributed by atoms with E-state index in [1.54, 1.807) is 0 Å². The molecule has 0 aromatic rings. The van der Waals surface area contributed by atoms with Crippen LogP contribution in [0.5, 0.6) is 0 Å². The van der Waals surface area contributed by atoms with E-state index < -0.39 is 18.1 Å². The van der Waals surface area contributed by atoms with Crippen LogP contribution in [0.1, 0.15) is 45.4 Å². The normalized spacial score (nSPS) is 24.5. The molecule has 0 saturated heterocycles. The lowest BCUT2D eigenvalue weighted by molar-refractivity contribution is -0.146. The number of hydrogen-bond donors (Lipinski definition) is 4. The first kappa shape index (κ1) is 15.8. The van der Waals surface area contributed by atoms with Crippen LogP contribution in [0.25, 0.3) is 0 Å². The molecule has 1 atom stereocenters. The quantitative estimate of drug-likeness (QED) is 0.581. The molecule has 6 heteroatoms. The number of carbonyl (C=O) groups is 2. The molecular formula is C13H24N2O4. The number of carbonyl (C=O) groups excluding carboxylic acids is 1. The van der Waals surface area contributed by atoms with Gasteiger partial charge in [0.2, 0.25) is 0 Å². The van der Waals surface area contributed by atoms with Crippen molar-refractivity contribution >= 4 is 12.0 Å². The van der Waals surface area contributed by atoms with Crippen LogP contribution in [0.3, 0.4) is 0 Å². The molecule has 0 radical (unpaired) electrons. The van der Waals surface area contributed by atoms with Crippen molar-refractivity contribution in [2.45, 2.75) is 57.6 Å². The lowest BCUT2D eigenvalue weighted by Crippen LogP contribution is -2.46. The van der Waals surface area contributed by atoms with Gasteiger partial charge in [0.05, 0.1) is 6.54 Å². The third-order valence-corrected chi connectivity index (χ3v) is 3.62. The SMILES string of the molecule is CCCC1CCC(NC(=O)NC[C@H](O)C(=O)O)CC1. The predicted molar refractivity (Wildman–Crippen MR) is 70.8 cm³/mol. The van der Waals surface area contributed by atoms with E-state index in [2.05, 4.69) is 17.6 Å². The number of urea groups is 1. The minimum Gasteiger partial charge on any atom is -0.479 e. The zero-order valence-electron chi connectivity index (χ0n) is 11.4. The fraction of sp³-hybridized carbons (Fsp3) is 0.846. The third-order valence-electron chi connectivity index (χ3n) is 3.62. The molecule has 1 aliphatic carbocycles. The highest BCUT2D eigenvalue weighted by Gasteiger charge is 2.22. The van der Waals surface area contributed by atoms with Crippen molar-refractivity contribution in [3.8, 4) is 0 Å². The molecule has 110 valence electrons. The van der Waals surface area contributed by atoms with Crippen molar-refractivity contribution in [2.24, 2.45) is 5.92 Å². The van der Waals surface area contributed by atoms with E-state index in [1.165, 1.54) is 12.8 Å². The Kier molecular flexibility index (Phi) is 6.62. The first-order valence-corrected chi connectivity index (χ1v) is 6.98. The van der Waals surface area contributed by atoms with Crippen LogP contribution in [0, 0.1) is 5.92 Å². The Hall–Kier alpha value is -1.30. The number of aliphatic hydroxyl groups is 1. The van der Waals surface area contributed by atoms with Crippen molar-refractivity contribution < 1.29 is 19.8 Å². The highest BCUT2D eigenvalue weighted by molar-refractivity contribution is 5.76. The first-order chi connectivity index (χ1) is 9.02. The van der Waals surface area contributed by atoms with Gasteiger partial charge in [-0.25, -0.2) is 9.59 Å². The van der Waals surface area contributed by atoms with Gasteiger partial charge in [0, 0.05) is 6.04 Å². The molecule has 4 N–H and O–H groups in total. The molecule has 6 nitrogen and oxygen atoms in total. The van der Waals surface area contributed by atoms with Gasteiger partial charge in [0.15, 0.2) is 6.10 Å². The van der Waals surface area contributed by atoms with Crippen LogP contribution in [0.15, 0.2) is 0 Å². The van der Waals surface area contributed by atoms with Crippen molar-refractivity contribution in [3.05, 3.63) is 0 Å². The molecule has 1 fully saturated rings. The number of rotatable bonds is 6. The van der Waals surface area contributed by atoms with Gasteiger partial charge in [-0.15, -0.1) is 0 Å². The molecular weight excluding hydrogens is 248 g/mol. The standard InChI is InChI=1S/C13H24N2O4/c1-2-3-9-4-6-10(7-5-9)15-13(19)14-8-11(16)12(17)18/h9-11,16H,2-8H2,1H3,(H,17,18)(H2,14,15,19)/t9?,10?,11-/m0/s1. The van der Waals surface area contributed by atoms with Gasteiger partial charge < -0.3 is 20.8 Å². The van der Waals surface area contributed by atoms with Gasteiger partial charge in [-0.3, -0.25) is 0 Å². The lowest BCUT2D eigenvalue weighted by atomic mass is 9.83. The van der Waals surface area contributed by atoms with Crippen LogP contribution in [0.2, 0.25) is 0 Å². The largest absolute Gasteiger partial charge is 0.479 e. The molecule has 1 rings (SSSR count). The zero-order chi connectivity index (χ0) is 14.3. The second-order valence-electron chi connectivity index (χ2n) is 5.21. The second-order valence-corrected chi connectivity index (χ2v) is 5.21. The number of nitrogens with one attached hydrogen (secondary N) is 2. The summed E-state index contributed by atoms with van der Waals surface area (Å²) in [7, 11) is 0. The summed E-state index contributed by atoms with van der Waals surface area (Å²) >= 11 is 0. The number of amides is 2. The molecule has 0 spiro atoms. The Bertz CT molecular complexity index is 301. The van der Waals surface area contributed by atoms with Gasteiger partial charge in [0.25, 0.3) is 0 Å². The van der Waals surface area contributed by atoms with Crippen LogP contribution < -0.4 is 10.6 Å². The summed E-state index contributed by atoms with van der Waals surface area (Å²) < 4.78 is 0.